The van der Waals surface area contributed by atoms with Crippen molar-refractivity contribution in [1.82, 2.24) is 0 Å². The van der Waals surface area contributed by atoms with Gasteiger partial charge < -0.3 is 9.29 Å². The van der Waals surface area contributed by atoms with Crippen LogP contribution in [0.3, 0.4) is 0 Å². The number of carbonyl (C=O) groups is 1. The Kier molecular flexibility index (Phi) is 8.64. The molecule has 0 aliphatic heterocycles. The van der Waals surface area contributed by atoms with Gasteiger partial charge in [-0.25, -0.2) is 13.2 Å². The fourth-order valence-corrected chi connectivity index (χ4v) is 1.34. The summed E-state index contributed by atoms with van der Waals surface area (Å²) in [4.78, 5) is 10.9. The Labute approximate surface area is 112 Å². The van der Waals surface area contributed by atoms with Crippen LogP contribution in [0.25, 0.3) is 0 Å². The van der Waals surface area contributed by atoms with Crippen molar-refractivity contribution in [2.24, 2.45) is 0 Å². The molecule has 0 N–H and O–H groups in total. The molecule has 5 nitrogen and oxygen atoms in total. The van der Waals surface area contributed by atoms with E-state index in [1.54, 1.807) is 0 Å². The van der Waals surface area contributed by atoms with Gasteiger partial charge in [-0.3, -0.25) is 0 Å². The van der Waals surface area contributed by atoms with Crippen molar-refractivity contribution < 1.29 is 52.1 Å². The Morgan fingerprint density at radius 2 is 2.00 bits per heavy atom. The molecular formula is C8H13NaO5S. The molecule has 0 radical (unpaired) electrons. The van der Waals surface area contributed by atoms with Crippen LogP contribution >= 0.6 is 0 Å². The summed E-state index contributed by atoms with van der Waals surface area (Å²) in [6.45, 7) is 5.89. The molecule has 0 fully saturated rings. The minimum absolute atomic E-state index is 0. The molecule has 0 aliphatic carbocycles. The van der Waals surface area contributed by atoms with Crippen LogP contribution in [-0.4, -0.2) is 30.8 Å². The zero-order valence-electron chi connectivity index (χ0n) is 9.15. The van der Waals surface area contributed by atoms with E-state index < -0.39 is 27.9 Å². The van der Waals surface area contributed by atoms with Crippen molar-refractivity contribution in [2.75, 3.05) is 6.61 Å². The van der Waals surface area contributed by atoms with Crippen molar-refractivity contribution in [3.8, 4) is 0 Å². The predicted octanol–water partition coefficient (Wildman–Crippen LogP) is -2.57. The third kappa shape index (κ3) is 7.08. The number of ether oxygens (including phenoxy) is 1. The molecule has 0 heterocycles. The van der Waals surface area contributed by atoms with E-state index in [4.69, 9.17) is 0 Å². The number of esters is 1. The standard InChI is InChI=1S/C8H14O5S.Na/c1-4-7(14(10,11)12)5-13-8(9)6(2)3;/h7H,2,4-5H2,1,3H3,(H,10,11,12);/q;+1/p-1. The normalized spacial score (nSPS) is 12.5. The molecule has 15 heavy (non-hydrogen) atoms. The molecule has 0 aromatic heterocycles. The minimum Gasteiger partial charge on any atom is -0.748 e. The number of hydrogen-bond acceptors (Lipinski definition) is 5. The quantitative estimate of drug-likeness (QED) is 0.230. The van der Waals surface area contributed by atoms with Crippen LogP contribution in [0, 0.1) is 0 Å². The zero-order chi connectivity index (χ0) is 11.4. The third-order valence-electron chi connectivity index (χ3n) is 1.61. The van der Waals surface area contributed by atoms with Gasteiger partial charge in [0.05, 0.1) is 5.25 Å². The summed E-state index contributed by atoms with van der Waals surface area (Å²) in [5.41, 5.74) is 0.170. The monoisotopic (exact) mass is 244 g/mol. The fourth-order valence-electron chi connectivity index (χ4n) is 0.697. The van der Waals surface area contributed by atoms with Crippen LogP contribution in [0.4, 0.5) is 0 Å². The van der Waals surface area contributed by atoms with Crippen molar-refractivity contribution in [2.45, 2.75) is 25.5 Å². The van der Waals surface area contributed by atoms with Gasteiger partial charge in [0, 0.05) is 5.57 Å². The van der Waals surface area contributed by atoms with Crippen LogP contribution in [0.1, 0.15) is 20.3 Å². The first kappa shape index (κ1) is 17.5. The van der Waals surface area contributed by atoms with E-state index >= 15 is 0 Å². The van der Waals surface area contributed by atoms with Crippen LogP contribution in [0.15, 0.2) is 12.2 Å². The number of carbonyl (C=O) groups excluding carboxylic acids is 1. The van der Waals surface area contributed by atoms with Gasteiger partial charge in [0.25, 0.3) is 0 Å². The zero-order valence-corrected chi connectivity index (χ0v) is 12.0. The van der Waals surface area contributed by atoms with Gasteiger partial charge in [-0.1, -0.05) is 13.5 Å². The largest absolute Gasteiger partial charge is 1.00 e. The summed E-state index contributed by atoms with van der Waals surface area (Å²) >= 11 is 0. The fraction of sp³-hybridized carbons (Fsp3) is 0.625. The summed E-state index contributed by atoms with van der Waals surface area (Å²) < 4.78 is 36.3. The topological polar surface area (TPSA) is 83.5 Å². The molecule has 0 amide bonds. The molecule has 82 valence electrons. The first-order valence-corrected chi connectivity index (χ1v) is 5.53. The van der Waals surface area contributed by atoms with Crippen LogP contribution in [0.5, 0.6) is 0 Å². The van der Waals surface area contributed by atoms with Crippen molar-refractivity contribution >= 4 is 16.1 Å². The molecule has 0 saturated heterocycles. The second-order valence-corrected chi connectivity index (χ2v) is 4.55. The Morgan fingerprint density at radius 3 is 2.27 bits per heavy atom. The van der Waals surface area contributed by atoms with Gasteiger partial charge in [-0.15, -0.1) is 0 Å². The predicted molar refractivity (Wildman–Crippen MR) is 49.5 cm³/mol. The van der Waals surface area contributed by atoms with E-state index in [-0.39, 0.29) is 41.6 Å². The molecule has 0 aliphatic rings. The van der Waals surface area contributed by atoms with Gasteiger partial charge in [0.2, 0.25) is 0 Å². The molecule has 1 atom stereocenters. The molecule has 0 aromatic carbocycles. The SMILES string of the molecule is C=C(C)C(=O)OCC(CC)S(=O)(=O)[O-].[Na+]. The van der Waals surface area contributed by atoms with E-state index in [0.29, 0.717) is 0 Å². The third-order valence-corrected chi connectivity index (χ3v) is 2.90. The van der Waals surface area contributed by atoms with Crippen LogP contribution < -0.4 is 29.6 Å². The Hall–Kier alpha value is 0.120. The van der Waals surface area contributed by atoms with Gasteiger partial charge in [0.1, 0.15) is 16.7 Å². The maximum absolute atomic E-state index is 10.9. The maximum Gasteiger partial charge on any atom is 1.00 e. The second-order valence-electron chi connectivity index (χ2n) is 2.90. The van der Waals surface area contributed by atoms with Crippen molar-refractivity contribution in [1.29, 1.82) is 0 Å². The van der Waals surface area contributed by atoms with Crippen LogP contribution in [0.2, 0.25) is 0 Å². The van der Waals surface area contributed by atoms with Gasteiger partial charge in [-0.2, -0.15) is 0 Å². The molecule has 0 spiro atoms. The smallest absolute Gasteiger partial charge is 0.748 e. The molecular weight excluding hydrogens is 231 g/mol. The minimum atomic E-state index is -4.39. The summed E-state index contributed by atoms with van der Waals surface area (Å²) in [7, 11) is -4.39. The number of hydrogen-bond donors (Lipinski definition) is 0. The van der Waals surface area contributed by atoms with Gasteiger partial charge >= 0.3 is 35.5 Å². The molecule has 0 aromatic rings. The van der Waals surface area contributed by atoms with E-state index in [1.807, 2.05) is 0 Å². The molecule has 7 heteroatoms. The van der Waals surface area contributed by atoms with E-state index in [0.717, 1.165) is 0 Å². The van der Waals surface area contributed by atoms with Gasteiger partial charge in [-0.05, 0) is 13.3 Å². The Balaban J connectivity index is 0. The summed E-state index contributed by atoms with van der Waals surface area (Å²) in [5, 5.41) is -1.18. The molecule has 0 bridgehead atoms. The van der Waals surface area contributed by atoms with E-state index in [1.165, 1.54) is 13.8 Å². The summed E-state index contributed by atoms with van der Waals surface area (Å²) in [6, 6.07) is 0. The summed E-state index contributed by atoms with van der Waals surface area (Å²) in [6.07, 6.45) is 0.120. The van der Waals surface area contributed by atoms with Crippen molar-refractivity contribution in [3.05, 3.63) is 12.2 Å². The van der Waals surface area contributed by atoms with Gasteiger partial charge in [0.15, 0.2) is 0 Å². The van der Waals surface area contributed by atoms with Crippen LogP contribution in [-0.2, 0) is 19.6 Å². The average molecular weight is 244 g/mol. The molecule has 1 unspecified atom stereocenters. The van der Waals surface area contributed by atoms with Crippen molar-refractivity contribution in [3.63, 3.8) is 0 Å². The Bertz CT molecular complexity index is 322. The molecule has 0 saturated carbocycles. The molecule has 0 rings (SSSR count). The first-order chi connectivity index (χ1) is 6.29. The second kappa shape index (κ2) is 7.40. The maximum atomic E-state index is 10.9. The Morgan fingerprint density at radius 1 is 1.53 bits per heavy atom. The first-order valence-electron chi connectivity index (χ1n) is 4.06. The summed E-state index contributed by atoms with van der Waals surface area (Å²) in [5.74, 6) is -0.688. The van der Waals surface area contributed by atoms with E-state index in [2.05, 4.69) is 11.3 Å². The van der Waals surface area contributed by atoms with E-state index in [9.17, 15) is 17.8 Å². The average Bonchev–Trinajstić information content (AvgIpc) is 2.02. The number of rotatable bonds is 5.